The molecular weight excluding hydrogens is 409 g/mol. The molecule has 0 N–H and O–H groups in total. The first-order valence-corrected chi connectivity index (χ1v) is 10.7. The number of nitrogens with zero attached hydrogens (tertiary/aromatic N) is 3. The number of para-hydroxylation sites is 1. The number of fused-ring (bicyclic) bond motifs is 3. The summed E-state index contributed by atoms with van der Waals surface area (Å²) >= 11 is 1.33. The quantitative estimate of drug-likeness (QED) is 0.543. The van der Waals surface area contributed by atoms with Crippen LogP contribution >= 0.6 is 11.3 Å². The van der Waals surface area contributed by atoms with Crippen LogP contribution in [0.1, 0.15) is 26.7 Å². The van der Waals surface area contributed by atoms with Crippen LogP contribution in [0.15, 0.2) is 72.1 Å². The lowest BCUT2D eigenvalue weighted by Gasteiger charge is -2.35. The molecule has 0 spiro atoms. The van der Waals surface area contributed by atoms with E-state index in [9.17, 15) is 19.7 Å². The molecule has 0 aliphatic carbocycles. The number of ketones is 1. The highest BCUT2D eigenvalue weighted by molar-refractivity contribution is 7.12. The van der Waals surface area contributed by atoms with Gasteiger partial charge in [0, 0.05) is 11.6 Å². The summed E-state index contributed by atoms with van der Waals surface area (Å²) in [6.07, 6.45) is 3.74. The Morgan fingerprint density at radius 1 is 1.03 bits per heavy atom. The number of benzene rings is 2. The molecular formula is C25H16FN3OS. The average molecular weight is 425 g/mol. The Bertz CT molecular complexity index is 1250. The van der Waals surface area contributed by atoms with Gasteiger partial charge < -0.3 is 4.90 Å². The lowest BCUT2D eigenvalue weighted by atomic mass is 9.69. The van der Waals surface area contributed by atoms with Gasteiger partial charge in [-0.05, 0) is 40.8 Å². The Hall–Kier alpha value is -3.74. The van der Waals surface area contributed by atoms with Gasteiger partial charge >= 0.3 is 0 Å². The van der Waals surface area contributed by atoms with Crippen LogP contribution < -0.4 is 4.90 Å². The minimum atomic E-state index is -1.51. The number of thiophene rings is 1. The summed E-state index contributed by atoms with van der Waals surface area (Å²) in [4.78, 5) is 16.3. The summed E-state index contributed by atoms with van der Waals surface area (Å²) in [7, 11) is 0. The molecule has 4 nitrogen and oxygen atoms in total. The molecule has 2 aliphatic heterocycles. The highest BCUT2D eigenvalue weighted by Crippen LogP contribution is 2.55. The van der Waals surface area contributed by atoms with Gasteiger partial charge in [0.25, 0.3) is 0 Å². The maximum atomic E-state index is 13.8. The van der Waals surface area contributed by atoms with E-state index in [-0.39, 0.29) is 5.78 Å². The van der Waals surface area contributed by atoms with E-state index < -0.39 is 29.2 Å². The molecule has 0 amide bonds. The maximum Gasteiger partial charge on any atom is 0.195 e. The monoisotopic (exact) mass is 425 g/mol. The van der Waals surface area contributed by atoms with Crippen molar-refractivity contribution >= 4 is 28.9 Å². The van der Waals surface area contributed by atoms with Crippen LogP contribution in [0.2, 0.25) is 0 Å². The van der Waals surface area contributed by atoms with E-state index in [1.54, 1.807) is 18.2 Å². The van der Waals surface area contributed by atoms with Gasteiger partial charge in [-0.25, -0.2) is 4.39 Å². The first-order valence-electron chi connectivity index (χ1n) is 9.82. The Balaban J connectivity index is 1.79. The third-order valence-corrected chi connectivity index (χ3v) is 7.06. The van der Waals surface area contributed by atoms with Crippen LogP contribution in [0.25, 0.3) is 6.08 Å². The molecule has 2 aliphatic rings. The number of rotatable bonds is 3. The second-order valence-electron chi connectivity index (χ2n) is 7.68. The third-order valence-electron chi connectivity index (χ3n) is 6.18. The summed E-state index contributed by atoms with van der Waals surface area (Å²) in [5.74, 6) is -1.31. The summed E-state index contributed by atoms with van der Waals surface area (Å²) in [5, 5.41) is 22.4. The average Bonchev–Trinajstić information content (AvgIpc) is 3.44. The van der Waals surface area contributed by atoms with Crippen LogP contribution in [-0.4, -0.2) is 17.9 Å². The molecule has 3 unspecified atom stereocenters. The van der Waals surface area contributed by atoms with Crippen LogP contribution in [0.3, 0.4) is 0 Å². The van der Waals surface area contributed by atoms with E-state index in [2.05, 4.69) is 12.1 Å². The van der Waals surface area contributed by atoms with E-state index in [1.165, 1.54) is 23.5 Å². The molecule has 31 heavy (non-hydrogen) atoms. The molecule has 1 aromatic heterocycles. The molecule has 0 radical (unpaired) electrons. The molecule has 3 atom stereocenters. The molecule has 5 rings (SSSR count). The number of hydrogen-bond donors (Lipinski definition) is 0. The molecule has 0 bridgehead atoms. The van der Waals surface area contributed by atoms with Gasteiger partial charge in [0.15, 0.2) is 11.2 Å². The van der Waals surface area contributed by atoms with Crippen LogP contribution in [-0.2, 0) is 0 Å². The fourth-order valence-corrected chi connectivity index (χ4v) is 5.54. The Morgan fingerprint density at radius 3 is 2.45 bits per heavy atom. The first kappa shape index (κ1) is 19.2. The van der Waals surface area contributed by atoms with Crippen LogP contribution in [0.5, 0.6) is 0 Å². The zero-order valence-electron chi connectivity index (χ0n) is 16.3. The minimum Gasteiger partial charge on any atom is -0.351 e. The number of anilines is 1. The third kappa shape index (κ3) is 2.73. The number of halogens is 1. The van der Waals surface area contributed by atoms with E-state index in [0.717, 1.165) is 11.3 Å². The first-order chi connectivity index (χ1) is 15.1. The normalized spacial score (nSPS) is 22.8. The number of carbonyl (C=O) groups excluding carboxylic acids is 1. The van der Waals surface area contributed by atoms with Gasteiger partial charge in [0.2, 0.25) is 0 Å². The Labute approximate surface area is 183 Å². The number of Topliss-reactive ketones (excluding diaryl/α,β-unsaturated/α-hetero) is 1. The van der Waals surface area contributed by atoms with E-state index >= 15 is 0 Å². The number of hydrogen-bond acceptors (Lipinski definition) is 5. The second-order valence-corrected chi connectivity index (χ2v) is 8.63. The van der Waals surface area contributed by atoms with Gasteiger partial charge in [-0.2, -0.15) is 10.5 Å². The summed E-state index contributed by atoms with van der Waals surface area (Å²) < 4.78 is 13.7. The van der Waals surface area contributed by atoms with E-state index in [4.69, 9.17) is 0 Å². The van der Waals surface area contributed by atoms with E-state index in [1.807, 2.05) is 52.8 Å². The molecule has 3 aromatic rings. The van der Waals surface area contributed by atoms with Crippen LogP contribution in [0.4, 0.5) is 10.1 Å². The highest BCUT2D eigenvalue weighted by Gasteiger charge is 2.63. The molecule has 1 saturated heterocycles. The van der Waals surface area contributed by atoms with E-state index in [0.29, 0.717) is 10.4 Å². The van der Waals surface area contributed by atoms with Crippen molar-refractivity contribution in [1.29, 1.82) is 10.5 Å². The predicted octanol–water partition coefficient (Wildman–Crippen LogP) is 5.17. The predicted molar refractivity (Wildman–Crippen MR) is 117 cm³/mol. The Kier molecular flexibility index (Phi) is 4.46. The fraction of sp³-hybridized carbons (Fsp3) is 0.160. The fourth-order valence-electron chi connectivity index (χ4n) is 4.84. The minimum absolute atomic E-state index is 0.146. The topological polar surface area (TPSA) is 67.9 Å². The lowest BCUT2D eigenvalue weighted by Crippen LogP contribution is -2.44. The maximum absolute atomic E-state index is 13.8. The molecule has 150 valence electrons. The van der Waals surface area contributed by atoms with Gasteiger partial charge in [0.05, 0.1) is 23.1 Å². The molecule has 2 aromatic carbocycles. The number of nitriles is 2. The summed E-state index contributed by atoms with van der Waals surface area (Å²) in [6, 6.07) is 20.1. The van der Waals surface area contributed by atoms with Crippen molar-refractivity contribution in [3.63, 3.8) is 0 Å². The van der Waals surface area contributed by atoms with Crippen molar-refractivity contribution in [2.45, 2.75) is 18.0 Å². The summed E-state index contributed by atoms with van der Waals surface area (Å²) in [6.45, 7) is 0. The van der Waals surface area contributed by atoms with Crippen molar-refractivity contribution < 1.29 is 9.18 Å². The largest absolute Gasteiger partial charge is 0.351 e. The standard InChI is InChI=1S/C25H16FN3OS/c26-18-10-7-17(8-11-18)22-23(24(30)20-6-3-13-31-20)29-19-5-2-1-4-16(19)9-12-21(29)25(22,14-27)15-28/h1-13,21-23H. The zero-order valence-corrected chi connectivity index (χ0v) is 17.1. The van der Waals surface area contributed by atoms with Gasteiger partial charge in [-0.1, -0.05) is 48.6 Å². The van der Waals surface area contributed by atoms with Crippen molar-refractivity contribution in [1.82, 2.24) is 0 Å². The van der Waals surface area contributed by atoms with Crippen molar-refractivity contribution in [3.8, 4) is 12.1 Å². The van der Waals surface area contributed by atoms with Crippen molar-refractivity contribution in [2.24, 2.45) is 5.41 Å². The Morgan fingerprint density at radius 2 is 1.77 bits per heavy atom. The SMILES string of the molecule is N#CC1(C#N)C(c2ccc(F)cc2)C(C(=O)c2cccs2)N2c3ccccc3C=CC21. The van der Waals surface area contributed by atoms with Crippen LogP contribution in [0, 0.1) is 33.9 Å². The van der Waals surface area contributed by atoms with Crippen molar-refractivity contribution in [3.05, 3.63) is 93.9 Å². The summed E-state index contributed by atoms with van der Waals surface area (Å²) in [5.41, 5.74) is 0.816. The molecule has 0 saturated carbocycles. The second kappa shape index (κ2) is 7.19. The number of carbonyl (C=O) groups is 1. The molecule has 1 fully saturated rings. The molecule has 6 heteroatoms. The van der Waals surface area contributed by atoms with Gasteiger partial charge in [0.1, 0.15) is 11.9 Å². The highest BCUT2D eigenvalue weighted by atomic mass is 32.1. The lowest BCUT2D eigenvalue weighted by molar-refractivity contribution is 0.0955. The smallest absolute Gasteiger partial charge is 0.195 e. The molecule has 3 heterocycles. The zero-order chi connectivity index (χ0) is 21.6. The van der Waals surface area contributed by atoms with Gasteiger partial charge in [-0.15, -0.1) is 11.3 Å². The van der Waals surface area contributed by atoms with Crippen molar-refractivity contribution in [2.75, 3.05) is 4.90 Å². The van der Waals surface area contributed by atoms with Gasteiger partial charge in [-0.3, -0.25) is 4.79 Å².